The first-order chi connectivity index (χ1) is 11.2. The predicted molar refractivity (Wildman–Crippen MR) is 87.2 cm³/mol. The Morgan fingerprint density at radius 1 is 1.38 bits per heavy atom. The maximum absolute atomic E-state index is 13.8. The molecule has 0 N–H and O–H groups in total. The minimum atomic E-state index is -0.706. The van der Waals surface area contributed by atoms with Gasteiger partial charge in [-0.1, -0.05) is 23.7 Å². The predicted octanol–water partition coefficient (Wildman–Crippen LogP) is 3.92. The van der Waals surface area contributed by atoms with E-state index in [1.165, 1.54) is 17.0 Å². The Morgan fingerprint density at radius 2 is 2.08 bits per heavy atom. The highest BCUT2D eigenvalue weighted by molar-refractivity contribution is 6.30. The van der Waals surface area contributed by atoms with Crippen molar-refractivity contribution in [3.8, 4) is 0 Å². The summed E-state index contributed by atoms with van der Waals surface area (Å²) in [5.74, 6) is -1.18. The van der Waals surface area contributed by atoms with Gasteiger partial charge in [0.1, 0.15) is 24.1 Å². The van der Waals surface area contributed by atoms with Gasteiger partial charge in [0.15, 0.2) is 0 Å². The lowest BCUT2D eigenvalue weighted by Crippen LogP contribution is -2.44. The second-order valence-corrected chi connectivity index (χ2v) is 7.06. The summed E-state index contributed by atoms with van der Waals surface area (Å²) >= 11 is 5.70. The maximum atomic E-state index is 13.8. The SMILES string of the molecule is CC(C)(C)OC(=O)N1CCCC1C(=O)OCc1cccc(Cl)c1F. The lowest BCUT2D eigenvalue weighted by molar-refractivity contribution is -0.150. The van der Waals surface area contributed by atoms with E-state index in [9.17, 15) is 14.0 Å². The summed E-state index contributed by atoms with van der Waals surface area (Å²) < 4.78 is 24.3. The molecule has 1 saturated heterocycles. The normalized spacial score (nSPS) is 17.7. The number of likely N-dealkylation sites (tertiary alicyclic amines) is 1. The van der Waals surface area contributed by atoms with Crippen LogP contribution in [0, 0.1) is 5.82 Å². The fourth-order valence-electron chi connectivity index (χ4n) is 2.46. The van der Waals surface area contributed by atoms with E-state index in [2.05, 4.69) is 0 Å². The molecule has 0 aliphatic carbocycles. The summed E-state index contributed by atoms with van der Waals surface area (Å²) in [4.78, 5) is 25.8. The van der Waals surface area contributed by atoms with Gasteiger partial charge in [-0.25, -0.2) is 14.0 Å². The van der Waals surface area contributed by atoms with Crippen LogP contribution < -0.4 is 0 Å². The van der Waals surface area contributed by atoms with Crippen LogP contribution in [0.25, 0.3) is 0 Å². The number of amides is 1. The van der Waals surface area contributed by atoms with Crippen molar-refractivity contribution < 1.29 is 23.5 Å². The summed E-state index contributed by atoms with van der Waals surface area (Å²) in [6.45, 7) is 5.48. The highest BCUT2D eigenvalue weighted by Crippen LogP contribution is 2.23. The molecule has 1 aliphatic rings. The Kier molecular flexibility index (Phi) is 5.70. The van der Waals surface area contributed by atoms with Crippen molar-refractivity contribution in [2.24, 2.45) is 0 Å². The van der Waals surface area contributed by atoms with Crippen molar-refractivity contribution in [1.29, 1.82) is 0 Å². The van der Waals surface area contributed by atoms with Crippen molar-refractivity contribution >= 4 is 23.7 Å². The molecule has 7 heteroatoms. The molecule has 0 radical (unpaired) electrons. The molecular formula is C17H21ClFNO4. The Balaban J connectivity index is 1.98. The van der Waals surface area contributed by atoms with Gasteiger partial charge in [-0.2, -0.15) is 0 Å². The van der Waals surface area contributed by atoms with Crippen LogP contribution >= 0.6 is 11.6 Å². The summed E-state index contributed by atoms with van der Waals surface area (Å²) in [5.41, 5.74) is -0.449. The first-order valence-electron chi connectivity index (χ1n) is 7.78. The molecule has 1 unspecified atom stereocenters. The highest BCUT2D eigenvalue weighted by atomic mass is 35.5. The van der Waals surface area contributed by atoms with Crippen LogP contribution in [0.1, 0.15) is 39.2 Å². The third-order valence-electron chi connectivity index (χ3n) is 3.55. The maximum Gasteiger partial charge on any atom is 0.411 e. The topological polar surface area (TPSA) is 55.8 Å². The zero-order valence-electron chi connectivity index (χ0n) is 14.0. The Labute approximate surface area is 145 Å². The van der Waals surface area contributed by atoms with Crippen molar-refractivity contribution in [3.63, 3.8) is 0 Å². The minimum Gasteiger partial charge on any atom is -0.459 e. The Morgan fingerprint density at radius 3 is 2.75 bits per heavy atom. The molecule has 1 aromatic carbocycles. The fraction of sp³-hybridized carbons (Fsp3) is 0.529. The van der Waals surface area contributed by atoms with Gasteiger partial charge in [0.25, 0.3) is 0 Å². The third-order valence-corrected chi connectivity index (χ3v) is 3.85. The molecule has 0 aromatic heterocycles. The van der Waals surface area contributed by atoms with Crippen LogP contribution in [0.15, 0.2) is 18.2 Å². The first kappa shape index (κ1) is 18.5. The van der Waals surface area contributed by atoms with E-state index in [4.69, 9.17) is 21.1 Å². The Bertz CT molecular complexity index is 630. The standard InChI is InChI=1S/C17H21ClFNO4/c1-17(2,3)24-16(22)20-9-5-8-13(20)15(21)23-10-11-6-4-7-12(18)14(11)19/h4,6-7,13H,5,8-10H2,1-3H3. The summed E-state index contributed by atoms with van der Waals surface area (Å²) in [6.07, 6.45) is 0.636. The quantitative estimate of drug-likeness (QED) is 0.769. The van der Waals surface area contributed by atoms with Crippen LogP contribution in [0.4, 0.5) is 9.18 Å². The number of nitrogens with zero attached hydrogens (tertiary/aromatic N) is 1. The number of carbonyl (C=O) groups is 2. The van der Waals surface area contributed by atoms with E-state index in [1.54, 1.807) is 26.8 Å². The lowest BCUT2D eigenvalue weighted by atomic mass is 10.2. The van der Waals surface area contributed by atoms with E-state index in [-0.39, 0.29) is 17.2 Å². The number of carbonyl (C=O) groups excluding carboxylic acids is 2. The zero-order valence-corrected chi connectivity index (χ0v) is 14.7. The minimum absolute atomic E-state index is 0.0280. The smallest absolute Gasteiger partial charge is 0.411 e. The number of hydrogen-bond donors (Lipinski definition) is 0. The number of rotatable bonds is 3. The average Bonchev–Trinajstić information content (AvgIpc) is 2.96. The molecule has 1 fully saturated rings. The molecule has 0 saturated carbocycles. The molecule has 0 spiro atoms. The molecule has 1 heterocycles. The lowest BCUT2D eigenvalue weighted by Gasteiger charge is -2.27. The molecule has 132 valence electrons. The van der Waals surface area contributed by atoms with E-state index in [0.717, 1.165) is 0 Å². The van der Waals surface area contributed by atoms with Gasteiger partial charge in [0.05, 0.1) is 5.02 Å². The monoisotopic (exact) mass is 357 g/mol. The summed E-state index contributed by atoms with van der Waals surface area (Å²) in [6, 6.07) is 3.79. The largest absolute Gasteiger partial charge is 0.459 e. The van der Waals surface area contributed by atoms with E-state index in [1.807, 2.05) is 0 Å². The highest BCUT2D eigenvalue weighted by Gasteiger charge is 2.37. The molecule has 24 heavy (non-hydrogen) atoms. The van der Waals surface area contributed by atoms with Gasteiger partial charge in [-0.05, 0) is 39.7 Å². The van der Waals surface area contributed by atoms with E-state index < -0.39 is 29.5 Å². The van der Waals surface area contributed by atoms with Crippen LogP contribution in [-0.4, -0.2) is 35.2 Å². The van der Waals surface area contributed by atoms with Gasteiger partial charge >= 0.3 is 12.1 Å². The van der Waals surface area contributed by atoms with E-state index >= 15 is 0 Å². The number of hydrogen-bond acceptors (Lipinski definition) is 4. The number of ether oxygens (including phenoxy) is 2. The van der Waals surface area contributed by atoms with Gasteiger partial charge in [-0.3, -0.25) is 4.90 Å². The zero-order chi connectivity index (χ0) is 17.9. The van der Waals surface area contributed by atoms with E-state index in [0.29, 0.717) is 19.4 Å². The van der Waals surface area contributed by atoms with Crippen molar-refractivity contribution in [3.05, 3.63) is 34.6 Å². The second-order valence-electron chi connectivity index (χ2n) is 6.65. The number of esters is 1. The molecule has 2 rings (SSSR count). The molecular weight excluding hydrogens is 337 g/mol. The molecule has 5 nitrogen and oxygen atoms in total. The Hall–Kier alpha value is -1.82. The molecule has 1 amide bonds. The summed E-state index contributed by atoms with van der Waals surface area (Å²) in [7, 11) is 0. The molecule has 1 aromatic rings. The average molecular weight is 358 g/mol. The van der Waals surface area contributed by atoms with Gasteiger partial charge in [-0.15, -0.1) is 0 Å². The fourth-order valence-corrected chi connectivity index (χ4v) is 2.65. The molecule has 1 aliphatic heterocycles. The van der Waals surface area contributed by atoms with Crippen molar-refractivity contribution in [2.45, 2.75) is 51.9 Å². The van der Waals surface area contributed by atoms with Crippen LogP contribution in [-0.2, 0) is 20.9 Å². The van der Waals surface area contributed by atoms with Crippen LogP contribution in [0.5, 0.6) is 0 Å². The van der Waals surface area contributed by atoms with Crippen LogP contribution in [0.2, 0.25) is 5.02 Å². The van der Waals surface area contributed by atoms with Crippen molar-refractivity contribution in [1.82, 2.24) is 4.90 Å². The number of benzene rings is 1. The molecule has 0 bridgehead atoms. The first-order valence-corrected chi connectivity index (χ1v) is 8.16. The van der Waals surface area contributed by atoms with Gasteiger partial charge in [0, 0.05) is 12.1 Å². The van der Waals surface area contributed by atoms with Gasteiger partial charge < -0.3 is 9.47 Å². The summed E-state index contributed by atoms with van der Waals surface area (Å²) in [5, 5.41) is -0.0280. The van der Waals surface area contributed by atoms with Gasteiger partial charge in [0.2, 0.25) is 0 Å². The number of halogens is 2. The van der Waals surface area contributed by atoms with Crippen LogP contribution in [0.3, 0.4) is 0 Å². The molecule has 1 atom stereocenters. The third kappa shape index (κ3) is 4.60. The van der Waals surface area contributed by atoms with Crippen molar-refractivity contribution in [2.75, 3.05) is 6.54 Å². The second kappa shape index (κ2) is 7.38.